The highest BCUT2D eigenvalue weighted by Crippen LogP contribution is 2.34. The van der Waals surface area contributed by atoms with E-state index in [1.807, 2.05) is 18.2 Å². The maximum absolute atomic E-state index is 12.7. The van der Waals surface area contributed by atoms with Crippen molar-refractivity contribution in [1.29, 1.82) is 0 Å². The van der Waals surface area contributed by atoms with Crippen LogP contribution in [0.4, 0.5) is 30.2 Å². The van der Waals surface area contributed by atoms with E-state index in [1.54, 1.807) is 0 Å². The molecule has 0 spiro atoms. The molecule has 3 rings (SSSR count). The van der Waals surface area contributed by atoms with Crippen molar-refractivity contribution in [2.24, 2.45) is 0 Å². The number of rotatable bonds is 2. The Hall–Kier alpha value is -2.35. The summed E-state index contributed by atoms with van der Waals surface area (Å²) in [5, 5.41) is 3.83. The van der Waals surface area contributed by atoms with Crippen LogP contribution in [0.5, 0.6) is 0 Å². The Kier molecular flexibility index (Phi) is 4.08. The molecule has 0 aliphatic rings. The van der Waals surface area contributed by atoms with Gasteiger partial charge in [-0.2, -0.15) is 13.2 Å². The van der Waals surface area contributed by atoms with Gasteiger partial charge in [-0.1, -0.05) is 15.9 Å². The first-order valence-corrected chi connectivity index (χ1v) is 7.70. The molecule has 24 heavy (non-hydrogen) atoms. The van der Waals surface area contributed by atoms with E-state index in [0.29, 0.717) is 22.6 Å². The molecular formula is C16H12BrF3N4. The second kappa shape index (κ2) is 5.94. The van der Waals surface area contributed by atoms with Gasteiger partial charge in [0.15, 0.2) is 0 Å². The minimum atomic E-state index is -4.48. The third-order valence-corrected chi connectivity index (χ3v) is 3.99. The summed E-state index contributed by atoms with van der Waals surface area (Å²) in [6.07, 6.45) is -2.97. The van der Waals surface area contributed by atoms with Crippen LogP contribution < -0.4 is 11.1 Å². The normalized spacial score (nSPS) is 11.7. The van der Waals surface area contributed by atoms with Crippen LogP contribution in [0, 0.1) is 6.92 Å². The zero-order chi connectivity index (χ0) is 17.5. The molecular weight excluding hydrogens is 385 g/mol. The first-order chi connectivity index (χ1) is 11.3. The number of halogens is 4. The quantitative estimate of drug-likeness (QED) is 0.636. The topological polar surface area (TPSA) is 63.8 Å². The number of nitrogens with two attached hydrogens (primary N) is 1. The van der Waals surface area contributed by atoms with Crippen LogP contribution in [0.1, 0.15) is 11.4 Å². The van der Waals surface area contributed by atoms with Crippen LogP contribution in [-0.4, -0.2) is 9.97 Å². The number of pyridine rings is 2. The number of anilines is 3. The van der Waals surface area contributed by atoms with Gasteiger partial charge in [-0.3, -0.25) is 4.98 Å². The van der Waals surface area contributed by atoms with Gasteiger partial charge in [0.05, 0.1) is 34.5 Å². The summed E-state index contributed by atoms with van der Waals surface area (Å²) < 4.78 is 39.0. The number of aryl methyl sites for hydroxylation is 1. The van der Waals surface area contributed by atoms with Crippen LogP contribution >= 0.6 is 15.9 Å². The highest BCUT2D eigenvalue weighted by Gasteiger charge is 2.32. The van der Waals surface area contributed by atoms with Crippen molar-refractivity contribution in [1.82, 2.24) is 9.97 Å². The van der Waals surface area contributed by atoms with Crippen LogP contribution in [0.25, 0.3) is 10.9 Å². The number of alkyl halides is 3. The summed E-state index contributed by atoms with van der Waals surface area (Å²) in [5.74, 6) is 0. The molecule has 0 atom stereocenters. The molecule has 0 amide bonds. The van der Waals surface area contributed by atoms with Gasteiger partial charge in [-0.25, -0.2) is 4.98 Å². The van der Waals surface area contributed by atoms with E-state index < -0.39 is 11.9 Å². The summed E-state index contributed by atoms with van der Waals surface area (Å²) in [5.41, 5.74) is 7.41. The zero-order valence-electron chi connectivity index (χ0n) is 12.4. The number of nitrogens with one attached hydrogen (secondary N) is 1. The fourth-order valence-electron chi connectivity index (χ4n) is 2.31. The van der Waals surface area contributed by atoms with Crippen molar-refractivity contribution in [3.05, 3.63) is 52.4 Å². The van der Waals surface area contributed by atoms with Crippen molar-refractivity contribution in [3.63, 3.8) is 0 Å². The SMILES string of the molecule is Cc1nc(C(F)(F)F)ccc1Nc1c(N)cnc2ccc(Br)cc12. The molecule has 8 heteroatoms. The Morgan fingerprint density at radius 3 is 2.58 bits per heavy atom. The lowest BCUT2D eigenvalue weighted by Crippen LogP contribution is -2.10. The van der Waals surface area contributed by atoms with Crippen molar-refractivity contribution in [2.45, 2.75) is 13.1 Å². The van der Waals surface area contributed by atoms with Gasteiger partial charge in [0.2, 0.25) is 0 Å². The van der Waals surface area contributed by atoms with Crippen LogP contribution in [0.3, 0.4) is 0 Å². The van der Waals surface area contributed by atoms with Gasteiger partial charge in [-0.15, -0.1) is 0 Å². The molecule has 0 saturated carbocycles. The van der Waals surface area contributed by atoms with E-state index in [4.69, 9.17) is 5.73 Å². The van der Waals surface area contributed by atoms with Gasteiger partial charge in [-0.05, 0) is 37.3 Å². The monoisotopic (exact) mass is 396 g/mol. The lowest BCUT2D eigenvalue weighted by atomic mass is 10.1. The molecule has 0 aliphatic carbocycles. The maximum Gasteiger partial charge on any atom is 0.433 e. The second-order valence-electron chi connectivity index (χ2n) is 5.20. The standard InChI is InChI=1S/C16H12BrF3N4/c1-8-12(4-5-14(23-8)16(18,19)20)24-15-10-6-9(17)2-3-13(10)22-7-11(15)21/h2-7H,21H2,1H3,(H,22,24). The summed E-state index contributed by atoms with van der Waals surface area (Å²) in [4.78, 5) is 7.86. The number of aromatic nitrogens is 2. The second-order valence-corrected chi connectivity index (χ2v) is 6.12. The Balaban J connectivity index is 2.07. The average molecular weight is 397 g/mol. The average Bonchev–Trinajstić information content (AvgIpc) is 2.50. The van der Waals surface area contributed by atoms with Gasteiger partial charge >= 0.3 is 6.18 Å². The van der Waals surface area contributed by atoms with E-state index in [2.05, 4.69) is 31.2 Å². The first kappa shape index (κ1) is 16.5. The predicted molar refractivity (Wildman–Crippen MR) is 91.1 cm³/mol. The van der Waals surface area contributed by atoms with Crippen LogP contribution in [0.15, 0.2) is 41.0 Å². The van der Waals surface area contributed by atoms with E-state index in [0.717, 1.165) is 15.9 Å². The van der Waals surface area contributed by atoms with Gasteiger partial charge in [0.25, 0.3) is 0 Å². The fraction of sp³-hybridized carbons (Fsp3) is 0.125. The molecule has 3 N–H and O–H groups in total. The lowest BCUT2D eigenvalue weighted by Gasteiger charge is -2.15. The molecule has 0 saturated heterocycles. The number of nitrogens with zero attached hydrogens (tertiary/aromatic N) is 2. The molecule has 0 unspecified atom stereocenters. The van der Waals surface area contributed by atoms with Gasteiger partial charge < -0.3 is 11.1 Å². The summed E-state index contributed by atoms with van der Waals surface area (Å²) in [6.45, 7) is 1.51. The Morgan fingerprint density at radius 1 is 1.17 bits per heavy atom. The van der Waals surface area contributed by atoms with Gasteiger partial charge in [0, 0.05) is 9.86 Å². The number of fused-ring (bicyclic) bond motifs is 1. The zero-order valence-corrected chi connectivity index (χ0v) is 14.0. The maximum atomic E-state index is 12.7. The Bertz CT molecular complexity index is 920. The third-order valence-electron chi connectivity index (χ3n) is 3.50. The van der Waals surface area contributed by atoms with Crippen molar-refractivity contribution in [2.75, 3.05) is 11.1 Å². The Morgan fingerprint density at radius 2 is 1.92 bits per heavy atom. The molecule has 2 heterocycles. The highest BCUT2D eigenvalue weighted by molar-refractivity contribution is 9.10. The molecule has 0 fully saturated rings. The van der Waals surface area contributed by atoms with Crippen molar-refractivity contribution >= 4 is 43.9 Å². The van der Waals surface area contributed by atoms with Crippen LogP contribution in [0.2, 0.25) is 0 Å². The van der Waals surface area contributed by atoms with E-state index >= 15 is 0 Å². The number of nitrogen functional groups attached to an aromatic ring is 1. The smallest absolute Gasteiger partial charge is 0.396 e. The highest BCUT2D eigenvalue weighted by atomic mass is 79.9. The van der Waals surface area contributed by atoms with Crippen molar-refractivity contribution < 1.29 is 13.2 Å². The molecule has 0 bridgehead atoms. The molecule has 124 valence electrons. The Labute approximate surface area is 144 Å². The largest absolute Gasteiger partial charge is 0.433 e. The number of benzene rings is 1. The van der Waals surface area contributed by atoms with Crippen LogP contribution in [-0.2, 0) is 6.18 Å². The molecule has 0 radical (unpaired) electrons. The van der Waals surface area contributed by atoms with Crippen molar-refractivity contribution in [3.8, 4) is 0 Å². The minimum Gasteiger partial charge on any atom is -0.396 e. The summed E-state index contributed by atoms with van der Waals surface area (Å²) in [7, 11) is 0. The third kappa shape index (κ3) is 3.14. The van der Waals surface area contributed by atoms with Gasteiger partial charge in [0.1, 0.15) is 5.69 Å². The summed E-state index contributed by atoms with van der Waals surface area (Å²) in [6, 6.07) is 7.79. The molecule has 0 aliphatic heterocycles. The molecule has 1 aromatic carbocycles. The van der Waals surface area contributed by atoms with E-state index in [9.17, 15) is 13.2 Å². The molecule has 2 aromatic heterocycles. The summed E-state index contributed by atoms with van der Waals surface area (Å²) >= 11 is 3.39. The number of hydrogen-bond acceptors (Lipinski definition) is 4. The lowest BCUT2D eigenvalue weighted by molar-refractivity contribution is -0.141. The van der Waals surface area contributed by atoms with E-state index in [-0.39, 0.29) is 5.69 Å². The molecule has 4 nitrogen and oxygen atoms in total. The first-order valence-electron chi connectivity index (χ1n) is 6.91. The minimum absolute atomic E-state index is 0.226. The molecule has 3 aromatic rings. The fourth-order valence-corrected chi connectivity index (χ4v) is 2.67. The number of hydrogen-bond donors (Lipinski definition) is 2. The predicted octanol–water partition coefficient (Wildman–Crippen LogP) is 5.05. The van der Waals surface area contributed by atoms with E-state index in [1.165, 1.54) is 19.2 Å².